The first-order valence-electron chi connectivity index (χ1n) is 8.60. The van der Waals surface area contributed by atoms with E-state index in [1.165, 1.54) is 25.9 Å². The zero-order valence-corrected chi connectivity index (χ0v) is 16.9. The number of guanidine groups is 1. The molecule has 23 heavy (non-hydrogen) atoms. The predicted octanol–water partition coefficient (Wildman–Crippen LogP) is 1.31. The van der Waals surface area contributed by atoms with Crippen LogP contribution >= 0.6 is 24.0 Å². The van der Waals surface area contributed by atoms with Crippen molar-refractivity contribution in [3.8, 4) is 0 Å². The van der Waals surface area contributed by atoms with Crippen molar-refractivity contribution in [1.29, 1.82) is 0 Å². The number of hydrogen-bond donors (Lipinski definition) is 2. The molecule has 0 aromatic carbocycles. The SMILES string of the molecule is CN=C(NCCCOC1CCOC1)NCC1CCCN(C)C1.I. The number of ether oxygens (including phenoxy) is 2. The zero-order chi connectivity index (χ0) is 15.6. The van der Waals surface area contributed by atoms with Gasteiger partial charge in [0, 0.05) is 39.9 Å². The van der Waals surface area contributed by atoms with Crippen LogP contribution in [0.2, 0.25) is 0 Å². The fraction of sp³-hybridized carbons (Fsp3) is 0.938. The summed E-state index contributed by atoms with van der Waals surface area (Å²) < 4.78 is 11.0. The van der Waals surface area contributed by atoms with E-state index in [4.69, 9.17) is 9.47 Å². The fourth-order valence-corrected chi connectivity index (χ4v) is 3.07. The highest BCUT2D eigenvalue weighted by atomic mass is 127. The summed E-state index contributed by atoms with van der Waals surface area (Å²) in [6, 6.07) is 0. The van der Waals surface area contributed by atoms with Crippen LogP contribution in [0.25, 0.3) is 0 Å². The van der Waals surface area contributed by atoms with Crippen LogP contribution in [-0.4, -0.2) is 77.1 Å². The zero-order valence-electron chi connectivity index (χ0n) is 14.6. The third-order valence-corrected chi connectivity index (χ3v) is 4.36. The number of rotatable bonds is 7. The molecule has 7 heteroatoms. The molecule has 2 aliphatic heterocycles. The van der Waals surface area contributed by atoms with E-state index in [-0.39, 0.29) is 24.0 Å². The Kier molecular flexibility index (Phi) is 11.2. The van der Waals surface area contributed by atoms with Crippen LogP contribution in [0.5, 0.6) is 0 Å². The van der Waals surface area contributed by atoms with Crippen molar-refractivity contribution in [3.05, 3.63) is 0 Å². The highest BCUT2D eigenvalue weighted by Gasteiger charge is 2.17. The topological polar surface area (TPSA) is 58.1 Å². The van der Waals surface area contributed by atoms with Crippen LogP contribution in [0.4, 0.5) is 0 Å². The fourth-order valence-electron chi connectivity index (χ4n) is 3.07. The van der Waals surface area contributed by atoms with Crippen LogP contribution in [-0.2, 0) is 9.47 Å². The quantitative estimate of drug-likeness (QED) is 0.271. The summed E-state index contributed by atoms with van der Waals surface area (Å²) in [6.45, 7) is 6.68. The van der Waals surface area contributed by atoms with Gasteiger partial charge in [-0.2, -0.15) is 0 Å². The molecule has 0 aromatic rings. The molecule has 2 rings (SSSR count). The first-order valence-corrected chi connectivity index (χ1v) is 8.60. The van der Waals surface area contributed by atoms with Crippen LogP contribution in [0.15, 0.2) is 4.99 Å². The Hall–Kier alpha value is -0.120. The van der Waals surface area contributed by atoms with Crippen molar-refractivity contribution in [2.24, 2.45) is 10.9 Å². The standard InChI is InChI=1S/C16H32N4O2.HI/c1-17-16(19-11-14-5-3-8-20(2)12-14)18-7-4-9-22-15-6-10-21-13-15;/h14-15H,3-13H2,1-2H3,(H2,17,18,19);1H. The van der Waals surface area contributed by atoms with E-state index in [1.807, 2.05) is 7.05 Å². The van der Waals surface area contributed by atoms with Gasteiger partial charge in [-0.25, -0.2) is 0 Å². The van der Waals surface area contributed by atoms with E-state index in [0.717, 1.165) is 57.6 Å². The van der Waals surface area contributed by atoms with E-state index in [1.54, 1.807) is 0 Å². The highest BCUT2D eigenvalue weighted by molar-refractivity contribution is 14.0. The summed E-state index contributed by atoms with van der Waals surface area (Å²) in [5, 5.41) is 6.80. The summed E-state index contributed by atoms with van der Waals surface area (Å²) >= 11 is 0. The molecule has 2 aliphatic rings. The minimum Gasteiger partial charge on any atom is -0.379 e. The second kappa shape index (κ2) is 12.3. The Labute approximate surface area is 157 Å². The lowest BCUT2D eigenvalue weighted by molar-refractivity contribution is 0.0420. The maximum Gasteiger partial charge on any atom is 0.190 e. The van der Waals surface area contributed by atoms with Crippen molar-refractivity contribution in [1.82, 2.24) is 15.5 Å². The number of likely N-dealkylation sites (tertiary alicyclic amines) is 1. The van der Waals surface area contributed by atoms with Gasteiger partial charge in [0.2, 0.25) is 0 Å². The molecule has 0 aliphatic carbocycles. The molecule has 136 valence electrons. The van der Waals surface area contributed by atoms with Gasteiger partial charge in [-0.05, 0) is 45.2 Å². The molecule has 0 amide bonds. The summed E-state index contributed by atoms with van der Waals surface area (Å²) in [7, 11) is 4.03. The summed E-state index contributed by atoms with van der Waals surface area (Å²) in [5.41, 5.74) is 0. The van der Waals surface area contributed by atoms with Gasteiger partial charge in [-0.15, -0.1) is 24.0 Å². The number of halogens is 1. The normalized spacial score (nSPS) is 25.9. The van der Waals surface area contributed by atoms with E-state index >= 15 is 0 Å². The average molecular weight is 440 g/mol. The summed E-state index contributed by atoms with van der Waals surface area (Å²) in [5.74, 6) is 1.63. The number of aliphatic imine (C=N–C) groups is 1. The molecule has 2 saturated heterocycles. The molecule has 0 bridgehead atoms. The summed E-state index contributed by atoms with van der Waals surface area (Å²) in [6.07, 6.45) is 4.94. The minimum absolute atomic E-state index is 0. The second-order valence-electron chi connectivity index (χ2n) is 6.36. The lowest BCUT2D eigenvalue weighted by Gasteiger charge is -2.30. The monoisotopic (exact) mass is 440 g/mol. The molecule has 2 N–H and O–H groups in total. The number of hydrogen-bond acceptors (Lipinski definition) is 4. The first kappa shape index (κ1) is 20.9. The molecule has 0 saturated carbocycles. The van der Waals surface area contributed by atoms with E-state index in [9.17, 15) is 0 Å². The molecule has 2 heterocycles. The van der Waals surface area contributed by atoms with Gasteiger partial charge >= 0.3 is 0 Å². The van der Waals surface area contributed by atoms with Crippen molar-refractivity contribution in [2.75, 3.05) is 60.1 Å². The Morgan fingerprint density at radius 2 is 2.22 bits per heavy atom. The van der Waals surface area contributed by atoms with Gasteiger partial charge in [0.05, 0.1) is 12.7 Å². The Morgan fingerprint density at radius 1 is 1.35 bits per heavy atom. The maximum absolute atomic E-state index is 5.75. The smallest absolute Gasteiger partial charge is 0.190 e. The molecule has 2 fully saturated rings. The Bertz CT molecular complexity index is 338. The lowest BCUT2D eigenvalue weighted by Crippen LogP contribution is -2.43. The van der Waals surface area contributed by atoms with Crippen LogP contribution < -0.4 is 10.6 Å². The van der Waals surface area contributed by atoms with Gasteiger partial charge in [0.15, 0.2) is 5.96 Å². The van der Waals surface area contributed by atoms with Crippen LogP contribution in [0, 0.1) is 5.92 Å². The molecule has 2 atom stereocenters. The van der Waals surface area contributed by atoms with Gasteiger partial charge in [-0.3, -0.25) is 4.99 Å². The molecule has 0 radical (unpaired) electrons. The Balaban J connectivity index is 0.00000264. The van der Waals surface area contributed by atoms with Gasteiger partial charge in [0.1, 0.15) is 0 Å². The molecular weight excluding hydrogens is 407 g/mol. The maximum atomic E-state index is 5.75. The molecule has 0 spiro atoms. The van der Waals surface area contributed by atoms with Crippen molar-refractivity contribution >= 4 is 29.9 Å². The summed E-state index contributed by atoms with van der Waals surface area (Å²) in [4.78, 5) is 6.70. The van der Waals surface area contributed by atoms with Crippen LogP contribution in [0.1, 0.15) is 25.7 Å². The first-order chi connectivity index (χ1) is 10.8. The largest absolute Gasteiger partial charge is 0.379 e. The van der Waals surface area contributed by atoms with Gasteiger partial charge < -0.3 is 25.0 Å². The third-order valence-electron chi connectivity index (χ3n) is 4.36. The number of piperidine rings is 1. The number of nitrogens with zero attached hydrogens (tertiary/aromatic N) is 2. The second-order valence-corrected chi connectivity index (χ2v) is 6.36. The van der Waals surface area contributed by atoms with E-state index in [2.05, 4.69) is 27.6 Å². The third kappa shape index (κ3) is 8.51. The van der Waals surface area contributed by atoms with Crippen molar-refractivity contribution in [3.63, 3.8) is 0 Å². The lowest BCUT2D eigenvalue weighted by atomic mass is 9.99. The van der Waals surface area contributed by atoms with E-state index in [0.29, 0.717) is 6.10 Å². The van der Waals surface area contributed by atoms with E-state index < -0.39 is 0 Å². The van der Waals surface area contributed by atoms with Crippen molar-refractivity contribution in [2.45, 2.75) is 31.8 Å². The average Bonchev–Trinajstić information content (AvgIpc) is 3.03. The number of nitrogens with one attached hydrogen (secondary N) is 2. The van der Waals surface area contributed by atoms with Crippen molar-refractivity contribution < 1.29 is 9.47 Å². The molecular formula is C16H33IN4O2. The molecule has 6 nitrogen and oxygen atoms in total. The highest BCUT2D eigenvalue weighted by Crippen LogP contribution is 2.13. The van der Waals surface area contributed by atoms with Gasteiger partial charge in [-0.1, -0.05) is 0 Å². The predicted molar refractivity (Wildman–Crippen MR) is 105 cm³/mol. The van der Waals surface area contributed by atoms with Gasteiger partial charge in [0.25, 0.3) is 0 Å². The molecule has 2 unspecified atom stereocenters. The van der Waals surface area contributed by atoms with Crippen LogP contribution in [0.3, 0.4) is 0 Å². The Morgan fingerprint density at radius 3 is 2.91 bits per heavy atom. The molecule has 0 aromatic heterocycles. The minimum atomic E-state index is 0.